The summed E-state index contributed by atoms with van der Waals surface area (Å²) in [6.45, 7) is 4.05. The maximum Gasteiger partial charge on any atom is 0.308 e. The van der Waals surface area contributed by atoms with Crippen molar-refractivity contribution in [3.8, 4) is 0 Å². The number of rotatable bonds is 2. The highest BCUT2D eigenvalue weighted by Gasteiger charge is 2.40. The molecule has 19 heavy (non-hydrogen) atoms. The Morgan fingerprint density at radius 2 is 2.05 bits per heavy atom. The van der Waals surface area contributed by atoms with Crippen molar-refractivity contribution in [1.82, 2.24) is 4.90 Å². The molecule has 4 nitrogen and oxygen atoms in total. The normalized spacial score (nSPS) is 22.6. The number of carboxylic acids is 1. The van der Waals surface area contributed by atoms with E-state index in [1.54, 1.807) is 4.90 Å². The van der Waals surface area contributed by atoms with Gasteiger partial charge in [-0.3, -0.25) is 9.59 Å². The number of carbonyl (C=O) groups is 2. The molecule has 1 saturated heterocycles. The summed E-state index contributed by atoms with van der Waals surface area (Å²) in [6.07, 6.45) is 0. The fourth-order valence-electron chi connectivity index (χ4n) is 2.56. The van der Waals surface area contributed by atoms with Crippen LogP contribution < -0.4 is 0 Å². The van der Waals surface area contributed by atoms with Gasteiger partial charge in [-0.1, -0.05) is 23.7 Å². The van der Waals surface area contributed by atoms with Crippen molar-refractivity contribution in [2.24, 2.45) is 5.92 Å². The molecule has 102 valence electrons. The van der Waals surface area contributed by atoms with Crippen molar-refractivity contribution >= 4 is 23.5 Å². The predicted molar refractivity (Wildman–Crippen MR) is 72.3 cm³/mol. The van der Waals surface area contributed by atoms with Crippen molar-refractivity contribution in [3.05, 3.63) is 34.3 Å². The number of nitrogens with zero attached hydrogens (tertiary/aromatic N) is 1. The van der Waals surface area contributed by atoms with E-state index in [2.05, 4.69) is 0 Å². The second-order valence-electron chi connectivity index (χ2n) is 5.00. The maximum absolute atomic E-state index is 11.4. The second kappa shape index (κ2) is 5.21. The zero-order valence-corrected chi connectivity index (χ0v) is 11.6. The minimum absolute atomic E-state index is 0.100. The zero-order chi connectivity index (χ0) is 14.2. The van der Waals surface area contributed by atoms with Crippen molar-refractivity contribution in [2.75, 3.05) is 13.1 Å². The topological polar surface area (TPSA) is 57.6 Å². The molecule has 0 saturated carbocycles. The number of amides is 1. The smallest absolute Gasteiger partial charge is 0.308 e. The first-order valence-corrected chi connectivity index (χ1v) is 6.52. The first-order chi connectivity index (χ1) is 8.90. The summed E-state index contributed by atoms with van der Waals surface area (Å²) in [5.74, 6) is -1.82. The van der Waals surface area contributed by atoms with Gasteiger partial charge < -0.3 is 10.0 Å². The molecule has 1 amide bonds. The van der Waals surface area contributed by atoms with Gasteiger partial charge in [0.1, 0.15) is 0 Å². The van der Waals surface area contributed by atoms with Gasteiger partial charge in [0.15, 0.2) is 0 Å². The average Bonchev–Trinajstić information content (AvgIpc) is 2.73. The van der Waals surface area contributed by atoms with Crippen molar-refractivity contribution in [3.63, 3.8) is 0 Å². The van der Waals surface area contributed by atoms with Crippen LogP contribution in [0.3, 0.4) is 0 Å². The standard InChI is InChI=1S/C14H16ClNO3/c1-8-3-4-10(13(15)5-8)11-6-16(9(2)17)7-12(11)14(18)19/h3-5,11-12H,6-7H2,1-2H3,(H,18,19). The number of aryl methyl sites for hydroxylation is 1. The molecule has 5 heteroatoms. The summed E-state index contributed by atoms with van der Waals surface area (Å²) in [6, 6.07) is 5.60. The monoisotopic (exact) mass is 281 g/mol. The lowest BCUT2D eigenvalue weighted by atomic mass is 9.88. The molecule has 0 aliphatic carbocycles. The zero-order valence-electron chi connectivity index (χ0n) is 10.9. The van der Waals surface area contributed by atoms with E-state index in [0.717, 1.165) is 11.1 Å². The van der Waals surface area contributed by atoms with Crippen LogP contribution in [-0.2, 0) is 9.59 Å². The molecule has 2 rings (SSSR count). The van der Waals surface area contributed by atoms with Gasteiger partial charge in [-0.15, -0.1) is 0 Å². The summed E-state index contributed by atoms with van der Waals surface area (Å²) in [4.78, 5) is 24.3. The van der Waals surface area contributed by atoms with E-state index >= 15 is 0 Å². The molecule has 2 atom stereocenters. The molecule has 1 aromatic rings. The number of carbonyl (C=O) groups excluding carboxylic acids is 1. The van der Waals surface area contributed by atoms with Crippen molar-refractivity contribution in [1.29, 1.82) is 0 Å². The van der Waals surface area contributed by atoms with Crippen LogP contribution in [-0.4, -0.2) is 35.0 Å². The Balaban J connectivity index is 2.35. The molecule has 1 aliphatic rings. The third kappa shape index (κ3) is 2.73. The largest absolute Gasteiger partial charge is 0.481 e. The van der Waals surface area contributed by atoms with Crippen LogP contribution in [0.5, 0.6) is 0 Å². The number of carboxylic acid groups (broad SMARTS) is 1. The Bertz CT molecular complexity index is 529. The van der Waals surface area contributed by atoms with Crippen LogP contribution >= 0.6 is 11.6 Å². The molecule has 2 unspecified atom stereocenters. The van der Waals surface area contributed by atoms with E-state index in [1.807, 2.05) is 25.1 Å². The second-order valence-corrected chi connectivity index (χ2v) is 5.41. The van der Waals surface area contributed by atoms with Crippen LogP contribution in [0.1, 0.15) is 24.0 Å². The summed E-state index contributed by atoms with van der Waals surface area (Å²) < 4.78 is 0. The SMILES string of the molecule is CC(=O)N1CC(C(=O)O)C(c2ccc(C)cc2Cl)C1. The molecule has 0 bridgehead atoms. The molecule has 0 radical (unpaired) electrons. The lowest BCUT2D eigenvalue weighted by Crippen LogP contribution is -2.27. The molecular formula is C14H16ClNO3. The molecular weight excluding hydrogens is 266 g/mol. The number of hydrogen-bond donors (Lipinski definition) is 1. The predicted octanol–water partition coefficient (Wildman–Crippen LogP) is 2.29. The number of benzene rings is 1. The van der Waals surface area contributed by atoms with Gasteiger partial charge in [0.2, 0.25) is 5.91 Å². The Kier molecular flexibility index (Phi) is 3.80. The van der Waals surface area contributed by atoms with Crippen molar-refractivity contribution < 1.29 is 14.7 Å². The van der Waals surface area contributed by atoms with Crippen molar-refractivity contribution in [2.45, 2.75) is 19.8 Å². The van der Waals surface area contributed by atoms with E-state index in [4.69, 9.17) is 11.6 Å². The summed E-state index contributed by atoms with van der Waals surface area (Å²) in [5.41, 5.74) is 1.84. The Labute approximate surface area is 117 Å². The van der Waals surface area contributed by atoms with Gasteiger partial charge in [0.05, 0.1) is 5.92 Å². The summed E-state index contributed by atoms with van der Waals surface area (Å²) in [7, 11) is 0. The van der Waals surface area contributed by atoms with Gasteiger partial charge >= 0.3 is 5.97 Å². The van der Waals surface area contributed by atoms with E-state index in [1.165, 1.54) is 6.92 Å². The van der Waals surface area contributed by atoms with E-state index in [9.17, 15) is 14.7 Å². The van der Waals surface area contributed by atoms with Gasteiger partial charge in [-0.05, 0) is 24.1 Å². The van der Waals surface area contributed by atoms with Gasteiger partial charge in [-0.2, -0.15) is 0 Å². The minimum atomic E-state index is -0.884. The van der Waals surface area contributed by atoms with E-state index < -0.39 is 11.9 Å². The molecule has 1 N–H and O–H groups in total. The van der Waals surface area contributed by atoms with Gasteiger partial charge in [0, 0.05) is 31.0 Å². The van der Waals surface area contributed by atoms with Crippen LogP contribution in [0.4, 0.5) is 0 Å². The summed E-state index contributed by atoms with van der Waals surface area (Å²) in [5, 5.41) is 9.88. The lowest BCUT2D eigenvalue weighted by molar-refractivity contribution is -0.141. The number of aliphatic carboxylic acids is 1. The third-order valence-electron chi connectivity index (χ3n) is 3.64. The molecule has 0 spiro atoms. The fourth-order valence-corrected chi connectivity index (χ4v) is 2.93. The van der Waals surface area contributed by atoms with Crippen LogP contribution in [0.25, 0.3) is 0 Å². The van der Waals surface area contributed by atoms with Crippen LogP contribution in [0, 0.1) is 12.8 Å². The number of halogens is 1. The minimum Gasteiger partial charge on any atom is -0.481 e. The fraction of sp³-hybridized carbons (Fsp3) is 0.429. The highest BCUT2D eigenvalue weighted by molar-refractivity contribution is 6.31. The Morgan fingerprint density at radius 3 is 2.58 bits per heavy atom. The first kappa shape index (κ1) is 13.9. The van der Waals surface area contributed by atoms with Crippen LogP contribution in [0.15, 0.2) is 18.2 Å². The molecule has 1 heterocycles. The molecule has 1 fully saturated rings. The highest BCUT2D eigenvalue weighted by Crippen LogP contribution is 2.36. The Morgan fingerprint density at radius 1 is 1.37 bits per heavy atom. The Hall–Kier alpha value is -1.55. The maximum atomic E-state index is 11.4. The van der Waals surface area contributed by atoms with Gasteiger partial charge in [-0.25, -0.2) is 0 Å². The highest BCUT2D eigenvalue weighted by atomic mass is 35.5. The van der Waals surface area contributed by atoms with Gasteiger partial charge in [0.25, 0.3) is 0 Å². The average molecular weight is 282 g/mol. The number of likely N-dealkylation sites (tertiary alicyclic amines) is 1. The number of hydrogen-bond acceptors (Lipinski definition) is 2. The summed E-state index contributed by atoms with van der Waals surface area (Å²) >= 11 is 6.21. The molecule has 0 aromatic heterocycles. The lowest BCUT2D eigenvalue weighted by Gasteiger charge is -2.17. The van der Waals surface area contributed by atoms with Crippen LogP contribution in [0.2, 0.25) is 5.02 Å². The van der Waals surface area contributed by atoms with E-state index in [-0.39, 0.29) is 18.4 Å². The quantitative estimate of drug-likeness (QED) is 0.905. The van der Waals surface area contributed by atoms with E-state index in [0.29, 0.717) is 11.6 Å². The third-order valence-corrected chi connectivity index (χ3v) is 3.97. The molecule has 1 aromatic carbocycles. The molecule has 1 aliphatic heterocycles. The first-order valence-electron chi connectivity index (χ1n) is 6.14.